The summed E-state index contributed by atoms with van der Waals surface area (Å²) in [6, 6.07) is 5.48. The van der Waals surface area contributed by atoms with Crippen LogP contribution in [0.3, 0.4) is 0 Å². The Morgan fingerprint density at radius 2 is 1.88 bits per heavy atom. The van der Waals surface area contributed by atoms with Gasteiger partial charge in [-0.3, -0.25) is 4.79 Å². The van der Waals surface area contributed by atoms with Crippen LogP contribution < -0.4 is 15.8 Å². The van der Waals surface area contributed by atoms with Crippen LogP contribution in [0.2, 0.25) is 0 Å². The van der Waals surface area contributed by atoms with Gasteiger partial charge in [-0.2, -0.15) is 0 Å². The van der Waals surface area contributed by atoms with Crippen LogP contribution in [0, 0.1) is 0 Å². The number of amides is 1. The summed E-state index contributed by atoms with van der Waals surface area (Å²) >= 11 is 0. The zero-order valence-electron chi connectivity index (χ0n) is 9.01. The van der Waals surface area contributed by atoms with Gasteiger partial charge in [-0.25, -0.2) is 13.1 Å². The molecule has 4 N–H and O–H groups in total. The first-order valence-corrected chi connectivity index (χ1v) is 6.60. The second-order valence-electron chi connectivity index (χ2n) is 3.87. The van der Waals surface area contributed by atoms with Gasteiger partial charge in [0.15, 0.2) is 0 Å². The number of primary amides is 1. The van der Waals surface area contributed by atoms with Crippen LogP contribution in [-0.2, 0) is 10.0 Å². The van der Waals surface area contributed by atoms with Crippen molar-refractivity contribution in [3.05, 3.63) is 29.8 Å². The van der Waals surface area contributed by atoms with Gasteiger partial charge >= 0.3 is 0 Å². The number of hydrogen-bond acceptors (Lipinski definition) is 4. The van der Waals surface area contributed by atoms with E-state index in [4.69, 9.17) is 5.73 Å². The summed E-state index contributed by atoms with van der Waals surface area (Å²) < 4.78 is 26.3. The molecule has 17 heavy (non-hydrogen) atoms. The van der Waals surface area contributed by atoms with Gasteiger partial charge in [-0.15, -0.1) is 0 Å². The molecule has 1 aliphatic heterocycles. The highest BCUT2D eigenvalue weighted by Crippen LogP contribution is 2.11. The topological polar surface area (TPSA) is 101 Å². The van der Waals surface area contributed by atoms with Gasteiger partial charge in [0.05, 0.1) is 4.90 Å². The van der Waals surface area contributed by atoms with Crippen LogP contribution in [0.5, 0.6) is 0 Å². The smallest absolute Gasteiger partial charge is 0.248 e. The van der Waals surface area contributed by atoms with E-state index in [9.17, 15) is 13.2 Å². The molecule has 1 amide bonds. The van der Waals surface area contributed by atoms with Crippen molar-refractivity contribution in [3.8, 4) is 0 Å². The molecule has 0 radical (unpaired) electrons. The molecular formula is C10H13N3O3S. The minimum Gasteiger partial charge on any atom is -0.366 e. The van der Waals surface area contributed by atoms with E-state index in [2.05, 4.69) is 10.0 Å². The van der Waals surface area contributed by atoms with E-state index in [1.165, 1.54) is 24.3 Å². The molecule has 6 nitrogen and oxygen atoms in total. The van der Waals surface area contributed by atoms with Crippen molar-refractivity contribution in [2.24, 2.45) is 5.73 Å². The lowest BCUT2D eigenvalue weighted by molar-refractivity contribution is 0.1000. The minimum absolute atomic E-state index is 0.0594. The maximum Gasteiger partial charge on any atom is 0.248 e. The van der Waals surface area contributed by atoms with E-state index >= 15 is 0 Å². The Bertz CT molecular complexity index is 520. The molecule has 92 valence electrons. The quantitative estimate of drug-likeness (QED) is 0.644. The van der Waals surface area contributed by atoms with E-state index < -0.39 is 15.9 Å². The summed E-state index contributed by atoms with van der Waals surface area (Å²) in [4.78, 5) is 11.0. The van der Waals surface area contributed by atoms with Crippen molar-refractivity contribution in [1.29, 1.82) is 0 Å². The fourth-order valence-electron chi connectivity index (χ4n) is 1.46. The average molecular weight is 255 g/mol. The Labute approximate surface area is 99.2 Å². The van der Waals surface area contributed by atoms with Crippen molar-refractivity contribution in [3.63, 3.8) is 0 Å². The van der Waals surface area contributed by atoms with Crippen LogP contribution in [-0.4, -0.2) is 33.5 Å². The highest BCUT2D eigenvalue weighted by atomic mass is 32.2. The van der Waals surface area contributed by atoms with Crippen molar-refractivity contribution < 1.29 is 13.2 Å². The van der Waals surface area contributed by atoms with Crippen LogP contribution in [0.1, 0.15) is 10.4 Å². The predicted octanol–water partition coefficient (Wildman–Crippen LogP) is -0.964. The zero-order chi connectivity index (χ0) is 12.5. The molecular weight excluding hydrogens is 242 g/mol. The minimum atomic E-state index is -3.50. The molecule has 0 aromatic heterocycles. The number of benzene rings is 1. The van der Waals surface area contributed by atoms with Gasteiger partial charge in [-0.05, 0) is 24.3 Å². The van der Waals surface area contributed by atoms with Crippen molar-refractivity contribution in [1.82, 2.24) is 10.0 Å². The summed E-state index contributed by atoms with van der Waals surface area (Å²) in [6.07, 6.45) is 0. The first kappa shape index (κ1) is 12.0. The average Bonchev–Trinajstić information content (AvgIpc) is 2.24. The Morgan fingerprint density at radius 3 is 2.29 bits per heavy atom. The van der Waals surface area contributed by atoms with Crippen LogP contribution in [0.4, 0.5) is 0 Å². The third-order valence-electron chi connectivity index (χ3n) is 2.55. The van der Waals surface area contributed by atoms with E-state index in [0.717, 1.165) is 0 Å². The Kier molecular flexibility index (Phi) is 3.14. The highest BCUT2D eigenvalue weighted by Gasteiger charge is 2.24. The number of nitrogens with two attached hydrogens (primary N) is 1. The lowest BCUT2D eigenvalue weighted by Gasteiger charge is -2.27. The molecule has 0 spiro atoms. The molecule has 1 aromatic carbocycles. The lowest BCUT2D eigenvalue weighted by atomic mass is 10.2. The number of nitrogens with one attached hydrogen (secondary N) is 2. The largest absolute Gasteiger partial charge is 0.366 e. The van der Waals surface area contributed by atoms with Gasteiger partial charge in [0.25, 0.3) is 0 Å². The molecule has 1 fully saturated rings. The Balaban J connectivity index is 2.17. The second kappa shape index (κ2) is 4.44. The van der Waals surface area contributed by atoms with Gasteiger partial charge in [0, 0.05) is 24.7 Å². The molecule has 0 unspecified atom stereocenters. The number of carbonyl (C=O) groups excluding carboxylic acids is 1. The van der Waals surface area contributed by atoms with Crippen molar-refractivity contribution in [2.75, 3.05) is 13.1 Å². The summed E-state index contributed by atoms with van der Waals surface area (Å²) in [5, 5.41) is 2.97. The van der Waals surface area contributed by atoms with E-state index in [0.29, 0.717) is 13.1 Å². The molecule has 0 atom stereocenters. The molecule has 1 aliphatic rings. The number of carbonyl (C=O) groups is 1. The molecule has 0 saturated carbocycles. The summed E-state index contributed by atoms with van der Waals surface area (Å²) in [5.74, 6) is -0.579. The number of rotatable bonds is 4. The maximum atomic E-state index is 11.9. The first-order chi connectivity index (χ1) is 7.99. The fraction of sp³-hybridized carbons (Fsp3) is 0.300. The van der Waals surface area contributed by atoms with Crippen LogP contribution >= 0.6 is 0 Å². The summed E-state index contributed by atoms with van der Waals surface area (Å²) in [6.45, 7) is 1.27. The van der Waals surface area contributed by atoms with E-state index in [1.54, 1.807) is 0 Å². The first-order valence-electron chi connectivity index (χ1n) is 5.12. The Morgan fingerprint density at radius 1 is 1.29 bits per heavy atom. The SMILES string of the molecule is NC(=O)c1ccc(S(=O)(=O)NC2CNC2)cc1. The fourth-order valence-corrected chi connectivity index (χ4v) is 2.69. The third-order valence-corrected chi connectivity index (χ3v) is 4.09. The molecule has 1 saturated heterocycles. The van der Waals surface area contributed by atoms with Crippen molar-refractivity contribution >= 4 is 15.9 Å². The maximum absolute atomic E-state index is 11.9. The monoisotopic (exact) mass is 255 g/mol. The van der Waals surface area contributed by atoms with Gasteiger partial charge in [-0.1, -0.05) is 0 Å². The molecule has 0 bridgehead atoms. The van der Waals surface area contributed by atoms with Crippen LogP contribution in [0.25, 0.3) is 0 Å². The second-order valence-corrected chi connectivity index (χ2v) is 5.58. The third kappa shape index (κ3) is 2.63. The molecule has 1 heterocycles. The normalized spacial score (nSPS) is 16.5. The highest BCUT2D eigenvalue weighted by molar-refractivity contribution is 7.89. The Hall–Kier alpha value is -1.44. The van der Waals surface area contributed by atoms with Crippen molar-refractivity contribution in [2.45, 2.75) is 10.9 Å². The van der Waals surface area contributed by atoms with Gasteiger partial charge in [0.2, 0.25) is 15.9 Å². The zero-order valence-corrected chi connectivity index (χ0v) is 9.83. The van der Waals surface area contributed by atoms with Gasteiger partial charge in [0.1, 0.15) is 0 Å². The standard InChI is InChI=1S/C10H13N3O3S/c11-10(14)7-1-3-9(4-2-7)17(15,16)13-8-5-12-6-8/h1-4,8,12-13H,5-6H2,(H2,11,14). The molecule has 1 aromatic rings. The lowest BCUT2D eigenvalue weighted by Crippen LogP contribution is -2.56. The summed E-state index contributed by atoms with van der Waals surface area (Å²) in [5.41, 5.74) is 5.36. The van der Waals surface area contributed by atoms with Gasteiger partial charge < -0.3 is 11.1 Å². The van der Waals surface area contributed by atoms with E-state index in [1.807, 2.05) is 0 Å². The van der Waals surface area contributed by atoms with E-state index in [-0.39, 0.29) is 16.5 Å². The predicted molar refractivity (Wildman–Crippen MR) is 61.9 cm³/mol. The molecule has 7 heteroatoms. The molecule has 2 rings (SSSR count). The number of sulfonamides is 1. The molecule has 0 aliphatic carbocycles. The van der Waals surface area contributed by atoms with Crippen LogP contribution in [0.15, 0.2) is 29.2 Å². The number of hydrogen-bond donors (Lipinski definition) is 3. The summed E-state index contributed by atoms with van der Waals surface area (Å²) in [7, 11) is -3.50.